The topological polar surface area (TPSA) is 123 Å². The van der Waals surface area contributed by atoms with Crippen molar-refractivity contribution < 1.29 is 20.1 Å². The molecule has 1 aliphatic heterocycles. The van der Waals surface area contributed by atoms with E-state index in [0.29, 0.717) is 5.16 Å². The summed E-state index contributed by atoms with van der Waals surface area (Å²) in [6.45, 7) is -0.136. The van der Waals surface area contributed by atoms with Crippen LogP contribution in [0.1, 0.15) is 6.23 Å². The molecule has 22 heavy (non-hydrogen) atoms. The van der Waals surface area contributed by atoms with Gasteiger partial charge in [-0.1, -0.05) is 11.8 Å². The number of aromatic nitrogens is 4. The number of fused-ring (bicyclic) bond motifs is 1. The van der Waals surface area contributed by atoms with E-state index in [9.17, 15) is 20.1 Å². The lowest BCUT2D eigenvalue weighted by molar-refractivity contribution is -0.210. The molecule has 0 amide bonds. The molecule has 0 aromatic carbocycles. The van der Waals surface area contributed by atoms with Gasteiger partial charge in [0.2, 0.25) is 0 Å². The molecule has 0 aliphatic carbocycles. The molecule has 0 radical (unpaired) electrons. The molecule has 10 heteroatoms. The van der Waals surface area contributed by atoms with Crippen LogP contribution in [0.15, 0.2) is 16.3 Å². The predicted molar refractivity (Wildman–Crippen MR) is 77.6 cm³/mol. The molecule has 1 aliphatic rings. The van der Waals surface area contributed by atoms with Crippen molar-refractivity contribution in [3.8, 4) is 0 Å². The second-order valence-corrected chi connectivity index (χ2v) is 5.83. The molecule has 0 unspecified atom stereocenters. The van der Waals surface area contributed by atoms with Crippen molar-refractivity contribution in [2.45, 2.75) is 29.7 Å². The number of thioether (sulfide) groups is 1. The molecule has 0 saturated carbocycles. The molecule has 3 heterocycles. The van der Waals surface area contributed by atoms with Crippen LogP contribution in [0.4, 0.5) is 0 Å². The van der Waals surface area contributed by atoms with Gasteiger partial charge in [-0.05, 0) is 6.26 Å². The summed E-state index contributed by atoms with van der Waals surface area (Å²) >= 11 is 1.30. The van der Waals surface area contributed by atoms with Crippen LogP contribution in [0, 0.1) is 0 Å². The van der Waals surface area contributed by atoms with Gasteiger partial charge in [0, 0.05) is 7.05 Å². The maximum absolute atomic E-state index is 12.2. The van der Waals surface area contributed by atoms with Crippen molar-refractivity contribution in [1.29, 1.82) is 0 Å². The summed E-state index contributed by atoms with van der Waals surface area (Å²) < 4.78 is 8.17. The number of aliphatic hydroxyl groups is 3. The number of nitrogens with zero attached hydrogens (tertiary/aromatic N) is 4. The Morgan fingerprint density at radius 1 is 1.36 bits per heavy atom. The van der Waals surface area contributed by atoms with Crippen LogP contribution in [0.25, 0.3) is 11.2 Å². The van der Waals surface area contributed by atoms with Crippen LogP contribution >= 0.6 is 11.8 Å². The van der Waals surface area contributed by atoms with E-state index in [1.165, 1.54) is 27.2 Å². The fourth-order valence-electron chi connectivity index (χ4n) is 2.43. The first-order valence-electron chi connectivity index (χ1n) is 6.59. The van der Waals surface area contributed by atoms with E-state index in [2.05, 4.69) is 9.97 Å². The summed E-state index contributed by atoms with van der Waals surface area (Å²) in [5, 5.41) is 29.9. The predicted octanol–water partition coefficient (Wildman–Crippen LogP) is -1.54. The first-order chi connectivity index (χ1) is 10.5. The normalized spacial score (nSPS) is 29.1. The zero-order valence-electron chi connectivity index (χ0n) is 11.9. The van der Waals surface area contributed by atoms with E-state index in [4.69, 9.17) is 4.74 Å². The molecule has 0 bridgehead atoms. The second kappa shape index (κ2) is 5.63. The number of hydrogen-bond donors (Lipinski definition) is 3. The highest BCUT2D eigenvalue weighted by Gasteiger charge is 2.39. The Kier molecular flexibility index (Phi) is 3.95. The molecule has 2 aromatic rings. The van der Waals surface area contributed by atoms with Crippen molar-refractivity contribution in [2.24, 2.45) is 7.05 Å². The quantitative estimate of drug-likeness (QED) is 0.448. The number of rotatable bonds is 2. The lowest BCUT2D eigenvalue weighted by atomic mass is 10.0. The molecule has 9 nitrogen and oxygen atoms in total. The minimum Gasteiger partial charge on any atom is -0.388 e. The van der Waals surface area contributed by atoms with Crippen LogP contribution in [-0.2, 0) is 11.8 Å². The first-order valence-corrected chi connectivity index (χ1v) is 7.81. The van der Waals surface area contributed by atoms with Gasteiger partial charge in [0.15, 0.2) is 22.5 Å². The Bertz CT molecular complexity index is 760. The number of imidazole rings is 1. The smallest absolute Gasteiger partial charge is 0.282 e. The summed E-state index contributed by atoms with van der Waals surface area (Å²) in [6, 6.07) is 0. The Morgan fingerprint density at radius 2 is 2.09 bits per heavy atom. The molecular formula is C12H16N4O5S. The molecule has 3 N–H and O–H groups in total. The average Bonchev–Trinajstić information content (AvgIpc) is 2.92. The number of hydrogen-bond acceptors (Lipinski definition) is 8. The SMILES string of the molecule is CSc1nc2c(ncn2[C@H]2OC[C@@H](O)[C@@H](O)[C@H]2O)c(=O)n1C. The van der Waals surface area contributed by atoms with Crippen LogP contribution in [0.5, 0.6) is 0 Å². The van der Waals surface area contributed by atoms with Crippen LogP contribution in [0.2, 0.25) is 0 Å². The van der Waals surface area contributed by atoms with Crippen molar-refractivity contribution in [1.82, 2.24) is 19.1 Å². The summed E-state index contributed by atoms with van der Waals surface area (Å²) in [7, 11) is 1.60. The van der Waals surface area contributed by atoms with E-state index in [1.54, 1.807) is 13.3 Å². The summed E-state index contributed by atoms with van der Waals surface area (Å²) in [5.41, 5.74) is 0.107. The number of aliphatic hydroxyl groups excluding tert-OH is 3. The Hall–Kier alpha value is -1.46. The molecule has 120 valence electrons. The van der Waals surface area contributed by atoms with E-state index in [-0.39, 0.29) is 23.3 Å². The highest BCUT2D eigenvalue weighted by atomic mass is 32.2. The Labute approximate surface area is 129 Å². The van der Waals surface area contributed by atoms with E-state index >= 15 is 0 Å². The van der Waals surface area contributed by atoms with Crippen molar-refractivity contribution >= 4 is 22.9 Å². The molecule has 2 aromatic heterocycles. The maximum atomic E-state index is 12.2. The third-order valence-electron chi connectivity index (χ3n) is 3.69. The van der Waals surface area contributed by atoms with Gasteiger partial charge in [0.1, 0.15) is 18.3 Å². The van der Waals surface area contributed by atoms with Crippen LogP contribution in [0.3, 0.4) is 0 Å². The van der Waals surface area contributed by atoms with Crippen molar-refractivity contribution in [3.63, 3.8) is 0 Å². The van der Waals surface area contributed by atoms with Gasteiger partial charge in [-0.15, -0.1) is 0 Å². The first kappa shape index (κ1) is 15.4. The van der Waals surface area contributed by atoms with Gasteiger partial charge in [-0.25, -0.2) is 9.97 Å². The van der Waals surface area contributed by atoms with Crippen LogP contribution < -0.4 is 5.56 Å². The highest BCUT2D eigenvalue weighted by molar-refractivity contribution is 7.98. The summed E-state index contributed by atoms with van der Waals surface area (Å²) in [6.07, 6.45) is -1.71. The summed E-state index contributed by atoms with van der Waals surface area (Å²) in [5.74, 6) is 0. The van der Waals surface area contributed by atoms with Gasteiger partial charge in [0.25, 0.3) is 5.56 Å². The van der Waals surface area contributed by atoms with Gasteiger partial charge < -0.3 is 20.1 Å². The second-order valence-electron chi connectivity index (χ2n) is 5.06. The van der Waals surface area contributed by atoms with E-state index in [1.807, 2.05) is 0 Å². The number of ether oxygens (including phenoxy) is 1. The molecule has 3 rings (SSSR count). The van der Waals surface area contributed by atoms with Crippen molar-refractivity contribution in [3.05, 3.63) is 16.7 Å². The van der Waals surface area contributed by atoms with Gasteiger partial charge in [-0.3, -0.25) is 13.9 Å². The molecule has 1 saturated heterocycles. The molecule has 1 fully saturated rings. The lowest BCUT2D eigenvalue weighted by Gasteiger charge is -2.35. The van der Waals surface area contributed by atoms with Crippen LogP contribution in [-0.4, -0.2) is 65.6 Å². The van der Waals surface area contributed by atoms with Gasteiger partial charge in [0.05, 0.1) is 12.9 Å². The summed E-state index contributed by atoms with van der Waals surface area (Å²) in [4.78, 5) is 20.6. The molecule has 0 spiro atoms. The van der Waals surface area contributed by atoms with E-state index in [0.717, 1.165) is 0 Å². The third-order valence-corrected chi connectivity index (χ3v) is 4.42. The van der Waals surface area contributed by atoms with E-state index < -0.39 is 24.5 Å². The van der Waals surface area contributed by atoms with Crippen molar-refractivity contribution in [2.75, 3.05) is 12.9 Å². The lowest BCUT2D eigenvalue weighted by Crippen LogP contribution is -2.50. The third kappa shape index (κ3) is 2.23. The molecular weight excluding hydrogens is 312 g/mol. The highest BCUT2D eigenvalue weighted by Crippen LogP contribution is 2.26. The van der Waals surface area contributed by atoms with Gasteiger partial charge >= 0.3 is 0 Å². The fourth-order valence-corrected chi connectivity index (χ4v) is 2.97. The minimum atomic E-state index is -1.36. The average molecular weight is 328 g/mol. The monoisotopic (exact) mass is 328 g/mol. The zero-order valence-corrected chi connectivity index (χ0v) is 12.8. The molecule has 4 atom stereocenters. The zero-order chi connectivity index (χ0) is 16.0. The maximum Gasteiger partial charge on any atom is 0.282 e. The Morgan fingerprint density at radius 3 is 2.77 bits per heavy atom. The van der Waals surface area contributed by atoms with Gasteiger partial charge in [-0.2, -0.15) is 0 Å². The minimum absolute atomic E-state index is 0.136. The largest absolute Gasteiger partial charge is 0.388 e. The fraction of sp³-hybridized carbons (Fsp3) is 0.583. The Balaban J connectivity index is 2.12. The standard InChI is InChI=1S/C12H16N4O5S/c1-15-10(20)6-9(14-12(15)22-2)16(4-13-6)11-8(19)7(18)5(17)3-21-11/h4-5,7-8,11,17-19H,3H2,1-2H3/t5-,7-,8-,11+/m1/s1.